The number of carbonyl (C=O) groups is 1. The molecular weight excluding hydrogens is 355 g/mol. The fourth-order valence-electron chi connectivity index (χ4n) is 2.28. The largest absolute Gasteiger partial charge is 0.346 e. The zero-order valence-electron chi connectivity index (χ0n) is 14.0. The van der Waals surface area contributed by atoms with Crippen molar-refractivity contribution < 1.29 is 9.18 Å². The molecule has 0 bridgehead atoms. The number of rotatable bonds is 5. The molecule has 26 heavy (non-hydrogen) atoms. The van der Waals surface area contributed by atoms with Crippen LogP contribution in [0.4, 0.5) is 15.9 Å². The highest BCUT2D eigenvalue weighted by Crippen LogP contribution is 2.22. The van der Waals surface area contributed by atoms with Gasteiger partial charge in [-0.25, -0.2) is 14.4 Å². The predicted molar refractivity (Wildman–Crippen MR) is 99.1 cm³/mol. The average Bonchev–Trinajstić information content (AvgIpc) is 2.64. The number of carbonyl (C=O) groups excluding carboxylic acids is 1. The topological polar surface area (TPSA) is 66.9 Å². The van der Waals surface area contributed by atoms with Gasteiger partial charge in [-0.2, -0.15) is 0 Å². The van der Waals surface area contributed by atoms with E-state index in [9.17, 15) is 9.18 Å². The number of hydrogen-bond acceptors (Lipinski definition) is 4. The van der Waals surface area contributed by atoms with Crippen molar-refractivity contribution in [1.29, 1.82) is 0 Å². The van der Waals surface area contributed by atoms with Gasteiger partial charge >= 0.3 is 0 Å². The Morgan fingerprint density at radius 2 is 1.96 bits per heavy atom. The molecule has 5 nitrogen and oxygen atoms in total. The van der Waals surface area contributed by atoms with Gasteiger partial charge in [-0.15, -0.1) is 0 Å². The van der Waals surface area contributed by atoms with Crippen molar-refractivity contribution in [2.24, 2.45) is 0 Å². The summed E-state index contributed by atoms with van der Waals surface area (Å²) in [4.78, 5) is 20.4. The Morgan fingerprint density at radius 1 is 1.15 bits per heavy atom. The molecule has 0 aliphatic heterocycles. The number of hydrogen-bond donors (Lipinski definition) is 2. The summed E-state index contributed by atoms with van der Waals surface area (Å²) >= 11 is 5.99. The first-order chi connectivity index (χ1) is 12.5. The molecule has 7 heteroatoms. The van der Waals surface area contributed by atoms with Crippen LogP contribution in [0.2, 0.25) is 5.02 Å². The van der Waals surface area contributed by atoms with Crippen LogP contribution in [-0.4, -0.2) is 15.9 Å². The zero-order valence-corrected chi connectivity index (χ0v) is 14.7. The van der Waals surface area contributed by atoms with E-state index in [2.05, 4.69) is 20.6 Å². The van der Waals surface area contributed by atoms with Crippen molar-refractivity contribution in [3.63, 3.8) is 0 Å². The molecule has 1 heterocycles. The van der Waals surface area contributed by atoms with Gasteiger partial charge in [0.1, 0.15) is 17.3 Å². The lowest BCUT2D eigenvalue weighted by molar-refractivity contribution is 0.0945. The minimum Gasteiger partial charge on any atom is -0.346 e. The second kappa shape index (κ2) is 7.93. The molecule has 3 aromatic rings. The fourth-order valence-corrected chi connectivity index (χ4v) is 2.46. The number of aromatic nitrogens is 2. The third-order valence-electron chi connectivity index (χ3n) is 3.74. The normalized spacial score (nSPS) is 10.4. The zero-order chi connectivity index (χ0) is 18.5. The van der Waals surface area contributed by atoms with Crippen molar-refractivity contribution in [2.45, 2.75) is 13.5 Å². The Kier molecular flexibility index (Phi) is 5.43. The fraction of sp³-hybridized carbons (Fsp3) is 0.105. The van der Waals surface area contributed by atoms with Gasteiger partial charge in [0.25, 0.3) is 5.91 Å². The lowest BCUT2D eigenvalue weighted by Crippen LogP contribution is -2.24. The second-order valence-electron chi connectivity index (χ2n) is 5.65. The number of nitrogens with one attached hydrogen (secondary N) is 2. The van der Waals surface area contributed by atoms with Gasteiger partial charge < -0.3 is 10.6 Å². The Balaban J connectivity index is 1.64. The van der Waals surface area contributed by atoms with Crippen molar-refractivity contribution >= 4 is 29.0 Å². The van der Waals surface area contributed by atoms with Gasteiger partial charge in [-0.05, 0) is 30.7 Å². The molecule has 0 saturated heterocycles. The Morgan fingerprint density at radius 3 is 2.69 bits per heavy atom. The van der Waals surface area contributed by atoms with E-state index in [1.54, 1.807) is 30.3 Å². The summed E-state index contributed by atoms with van der Waals surface area (Å²) in [5.74, 6) is -0.303. The highest BCUT2D eigenvalue weighted by atomic mass is 35.5. The van der Waals surface area contributed by atoms with Gasteiger partial charge in [0.2, 0.25) is 0 Å². The molecule has 3 rings (SSSR count). The van der Waals surface area contributed by atoms with Crippen LogP contribution in [0.1, 0.15) is 21.6 Å². The minimum absolute atomic E-state index is 0.0783. The maximum atomic E-state index is 13.6. The number of nitrogens with zero attached hydrogens (tertiary/aromatic N) is 2. The first kappa shape index (κ1) is 17.8. The Bertz CT molecular complexity index is 931. The summed E-state index contributed by atoms with van der Waals surface area (Å²) in [6.45, 7) is 2.02. The first-order valence-corrected chi connectivity index (χ1v) is 8.27. The van der Waals surface area contributed by atoms with E-state index in [1.165, 1.54) is 18.5 Å². The predicted octanol–water partition coefficient (Wildman–Crippen LogP) is 4.25. The molecule has 1 amide bonds. The van der Waals surface area contributed by atoms with E-state index in [1.807, 2.05) is 13.0 Å². The van der Waals surface area contributed by atoms with Crippen molar-refractivity contribution in [3.8, 4) is 0 Å². The maximum Gasteiger partial charge on any atom is 0.271 e. The molecule has 0 radical (unpaired) electrons. The SMILES string of the molecule is Cc1ccc(Cl)cc1Nc1cnc(C(=O)NCc2ccccc2F)cn1. The average molecular weight is 371 g/mol. The van der Waals surface area contributed by atoms with E-state index < -0.39 is 5.91 Å². The highest BCUT2D eigenvalue weighted by molar-refractivity contribution is 6.30. The van der Waals surface area contributed by atoms with Gasteiger partial charge in [0.05, 0.1) is 12.4 Å². The first-order valence-electron chi connectivity index (χ1n) is 7.90. The van der Waals surface area contributed by atoms with Crippen LogP contribution in [0.15, 0.2) is 54.9 Å². The maximum absolute atomic E-state index is 13.6. The number of amides is 1. The number of halogens is 2. The lowest BCUT2D eigenvalue weighted by Gasteiger charge is -2.09. The molecule has 0 saturated carbocycles. The summed E-state index contributed by atoms with van der Waals surface area (Å²) < 4.78 is 13.6. The van der Waals surface area contributed by atoms with E-state index >= 15 is 0 Å². The molecule has 0 atom stereocenters. The minimum atomic E-state index is -0.425. The molecule has 0 spiro atoms. The van der Waals surface area contributed by atoms with Crippen LogP contribution in [0.5, 0.6) is 0 Å². The van der Waals surface area contributed by atoms with Gasteiger partial charge in [0.15, 0.2) is 0 Å². The molecule has 0 unspecified atom stereocenters. The molecule has 0 aliphatic rings. The molecular formula is C19H16ClFN4O. The van der Waals surface area contributed by atoms with Gasteiger partial charge in [-0.3, -0.25) is 4.79 Å². The second-order valence-corrected chi connectivity index (χ2v) is 6.08. The summed E-state index contributed by atoms with van der Waals surface area (Å²) in [5.41, 5.74) is 2.37. The van der Waals surface area contributed by atoms with Gasteiger partial charge in [-0.1, -0.05) is 35.9 Å². The number of aryl methyl sites for hydroxylation is 1. The standard InChI is InChI=1S/C19H16ClFN4O/c1-12-6-7-14(20)8-16(12)25-18-11-22-17(10-23-18)19(26)24-9-13-4-2-3-5-15(13)21/h2-8,10-11H,9H2,1H3,(H,23,25)(H,24,26). The summed E-state index contributed by atoms with van der Waals surface area (Å²) in [7, 11) is 0. The van der Waals surface area contributed by atoms with Crippen molar-refractivity contribution in [1.82, 2.24) is 15.3 Å². The van der Waals surface area contributed by atoms with Crippen molar-refractivity contribution in [2.75, 3.05) is 5.32 Å². The van der Waals surface area contributed by atoms with Gasteiger partial charge in [0, 0.05) is 22.8 Å². The van der Waals surface area contributed by atoms with Crippen LogP contribution < -0.4 is 10.6 Å². The van der Waals surface area contributed by atoms with Crippen LogP contribution in [0, 0.1) is 12.7 Å². The Labute approximate surface area is 155 Å². The molecule has 0 aliphatic carbocycles. The Hall–Kier alpha value is -2.99. The van der Waals surface area contributed by atoms with E-state index in [0.717, 1.165) is 11.3 Å². The van der Waals surface area contributed by atoms with Crippen LogP contribution in [-0.2, 0) is 6.54 Å². The van der Waals surface area contributed by atoms with Crippen LogP contribution in [0.3, 0.4) is 0 Å². The number of anilines is 2. The lowest BCUT2D eigenvalue weighted by atomic mass is 10.2. The molecule has 132 valence electrons. The molecule has 2 N–H and O–H groups in total. The van der Waals surface area contributed by atoms with E-state index in [4.69, 9.17) is 11.6 Å². The quantitative estimate of drug-likeness (QED) is 0.704. The molecule has 2 aromatic carbocycles. The molecule has 0 fully saturated rings. The highest BCUT2D eigenvalue weighted by Gasteiger charge is 2.10. The van der Waals surface area contributed by atoms with E-state index in [-0.39, 0.29) is 18.1 Å². The third kappa shape index (κ3) is 4.34. The summed E-state index contributed by atoms with van der Waals surface area (Å²) in [6, 6.07) is 11.7. The monoisotopic (exact) mass is 370 g/mol. The molecule has 1 aromatic heterocycles. The van der Waals surface area contributed by atoms with Crippen LogP contribution in [0.25, 0.3) is 0 Å². The smallest absolute Gasteiger partial charge is 0.271 e. The van der Waals surface area contributed by atoms with Crippen molar-refractivity contribution in [3.05, 3.63) is 82.5 Å². The van der Waals surface area contributed by atoms with E-state index in [0.29, 0.717) is 16.4 Å². The third-order valence-corrected chi connectivity index (χ3v) is 3.98. The summed E-state index contributed by atoms with van der Waals surface area (Å²) in [5, 5.41) is 6.33. The number of benzene rings is 2. The van der Waals surface area contributed by atoms with Crippen LogP contribution >= 0.6 is 11.6 Å². The summed E-state index contributed by atoms with van der Waals surface area (Å²) in [6.07, 6.45) is 2.82.